The number of rotatable bonds is 6. The maximum atomic E-state index is 10.9. The normalized spacial score (nSPS) is 17.6. The summed E-state index contributed by atoms with van der Waals surface area (Å²) in [7, 11) is 0. The standard InChI is InChI=1S/C19H23N3O3S/c1-14-6-8-21(9-7-14)17(19-3-2-10-26-19)13-20-12-15-11-16(22(24)25)4-5-18(15)23/h2-5,10-12,14,17,23H,6-9,13H2,1H3/t17-/m0/s1. The van der Waals surface area contributed by atoms with Gasteiger partial charge in [0.1, 0.15) is 5.75 Å². The van der Waals surface area contributed by atoms with Crippen LogP contribution in [0.3, 0.4) is 0 Å². The Morgan fingerprint density at radius 3 is 2.85 bits per heavy atom. The second-order valence-electron chi connectivity index (χ2n) is 6.74. The first-order valence-corrected chi connectivity index (χ1v) is 9.67. The lowest BCUT2D eigenvalue weighted by Gasteiger charge is -2.35. The minimum absolute atomic E-state index is 0.00109. The molecule has 1 aliphatic heterocycles. The fraction of sp³-hybridized carbons (Fsp3) is 0.421. The fourth-order valence-corrected chi connectivity index (χ4v) is 4.07. The van der Waals surface area contributed by atoms with Gasteiger partial charge in [-0.1, -0.05) is 13.0 Å². The topological polar surface area (TPSA) is 79.0 Å². The van der Waals surface area contributed by atoms with E-state index in [0.29, 0.717) is 12.1 Å². The molecule has 1 saturated heterocycles. The zero-order valence-corrected chi connectivity index (χ0v) is 15.6. The SMILES string of the molecule is CC1CCN([C@@H](CN=Cc2cc([N+](=O)[O-])ccc2O)c2cccs2)CC1. The number of piperidine rings is 1. The van der Waals surface area contributed by atoms with Crippen molar-refractivity contribution >= 4 is 23.2 Å². The van der Waals surface area contributed by atoms with E-state index in [2.05, 4.69) is 34.3 Å². The molecule has 1 atom stereocenters. The summed E-state index contributed by atoms with van der Waals surface area (Å²) in [5.41, 5.74) is 0.320. The van der Waals surface area contributed by atoms with Gasteiger partial charge >= 0.3 is 0 Å². The molecule has 138 valence electrons. The molecule has 1 aliphatic rings. The predicted molar refractivity (Wildman–Crippen MR) is 104 cm³/mol. The number of hydrogen-bond acceptors (Lipinski definition) is 6. The van der Waals surface area contributed by atoms with Gasteiger partial charge in [0.2, 0.25) is 0 Å². The van der Waals surface area contributed by atoms with Gasteiger partial charge in [0, 0.05) is 28.8 Å². The van der Waals surface area contributed by atoms with E-state index in [9.17, 15) is 15.2 Å². The minimum atomic E-state index is -0.472. The number of benzene rings is 1. The molecule has 26 heavy (non-hydrogen) atoms. The van der Waals surface area contributed by atoms with Crippen molar-refractivity contribution in [3.8, 4) is 5.75 Å². The van der Waals surface area contributed by atoms with E-state index in [1.807, 2.05) is 0 Å². The van der Waals surface area contributed by atoms with Crippen LogP contribution >= 0.6 is 11.3 Å². The Kier molecular flexibility index (Phi) is 6.00. The first-order chi connectivity index (χ1) is 12.5. The molecule has 0 unspecified atom stereocenters. The van der Waals surface area contributed by atoms with Crippen molar-refractivity contribution in [2.24, 2.45) is 10.9 Å². The second-order valence-corrected chi connectivity index (χ2v) is 7.72. The van der Waals surface area contributed by atoms with Crippen LogP contribution in [0.15, 0.2) is 40.7 Å². The summed E-state index contributed by atoms with van der Waals surface area (Å²) in [6.45, 7) is 4.97. The molecule has 0 radical (unpaired) electrons. The molecule has 3 rings (SSSR count). The summed E-state index contributed by atoms with van der Waals surface area (Å²) in [6.07, 6.45) is 3.92. The van der Waals surface area contributed by atoms with Gasteiger partial charge in [-0.3, -0.25) is 20.0 Å². The van der Waals surface area contributed by atoms with E-state index >= 15 is 0 Å². The van der Waals surface area contributed by atoms with Crippen LogP contribution in [0.4, 0.5) is 5.69 Å². The molecule has 0 aliphatic carbocycles. The molecule has 2 heterocycles. The first kappa shape index (κ1) is 18.5. The molecule has 1 aromatic carbocycles. The molecule has 6 nitrogen and oxygen atoms in total. The van der Waals surface area contributed by atoms with Gasteiger partial charge < -0.3 is 5.11 Å². The van der Waals surface area contributed by atoms with Crippen LogP contribution in [0.25, 0.3) is 0 Å². The van der Waals surface area contributed by atoms with Crippen molar-refractivity contribution < 1.29 is 10.0 Å². The summed E-state index contributed by atoms with van der Waals surface area (Å²) in [5, 5.41) is 22.9. The number of thiophene rings is 1. The molecular formula is C19H23N3O3S. The summed E-state index contributed by atoms with van der Waals surface area (Å²) < 4.78 is 0. The lowest BCUT2D eigenvalue weighted by molar-refractivity contribution is -0.384. The maximum absolute atomic E-state index is 10.9. The van der Waals surface area contributed by atoms with Crippen LogP contribution in [0.1, 0.15) is 36.2 Å². The number of phenolic OH excluding ortho intramolecular Hbond substituents is 1. The third-order valence-electron chi connectivity index (χ3n) is 4.86. The number of aliphatic imine (C=N–C) groups is 1. The van der Waals surface area contributed by atoms with E-state index in [1.165, 1.54) is 42.1 Å². The Hall–Kier alpha value is -2.25. The number of hydrogen-bond donors (Lipinski definition) is 1. The summed E-state index contributed by atoms with van der Waals surface area (Å²) in [4.78, 5) is 18.7. The van der Waals surface area contributed by atoms with Gasteiger partial charge in [-0.2, -0.15) is 0 Å². The Labute approximate surface area is 157 Å². The lowest BCUT2D eigenvalue weighted by Crippen LogP contribution is -2.37. The number of non-ortho nitro benzene ring substituents is 1. The minimum Gasteiger partial charge on any atom is -0.507 e. The Balaban J connectivity index is 1.75. The summed E-state index contributed by atoms with van der Waals surface area (Å²) >= 11 is 1.73. The van der Waals surface area contributed by atoms with E-state index in [4.69, 9.17) is 0 Å². The zero-order valence-electron chi connectivity index (χ0n) is 14.7. The largest absolute Gasteiger partial charge is 0.507 e. The van der Waals surface area contributed by atoms with Crippen molar-refractivity contribution in [1.82, 2.24) is 4.90 Å². The van der Waals surface area contributed by atoms with Crippen LogP contribution in [-0.2, 0) is 0 Å². The van der Waals surface area contributed by atoms with Crippen LogP contribution in [0, 0.1) is 16.0 Å². The molecular weight excluding hydrogens is 350 g/mol. The molecule has 0 bridgehead atoms. The van der Waals surface area contributed by atoms with E-state index in [1.54, 1.807) is 11.3 Å². The smallest absolute Gasteiger partial charge is 0.270 e. The molecule has 1 fully saturated rings. The number of likely N-dealkylation sites (tertiary alicyclic amines) is 1. The third-order valence-corrected chi connectivity index (χ3v) is 5.83. The zero-order chi connectivity index (χ0) is 18.5. The Morgan fingerprint density at radius 1 is 1.42 bits per heavy atom. The van der Waals surface area contributed by atoms with Crippen molar-refractivity contribution in [2.45, 2.75) is 25.8 Å². The van der Waals surface area contributed by atoms with Crippen molar-refractivity contribution in [3.05, 3.63) is 56.3 Å². The molecule has 7 heteroatoms. The van der Waals surface area contributed by atoms with Crippen molar-refractivity contribution in [2.75, 3.05) is 19.6 Å². The van der Waals surface area contributed by atoms with E-state index in [0.717, 1.165) is 19.0 Å². The number of phenols is 1. The van der Waals surface area contributed by atoms with Gasteiger partial charge in [0.25, 0.3) is 5.69 Å². The van der Waals surface area contributed by atoms with Crippen LogP contribution in [-0.4, -0.2) is 40.8 Å². The summed E-state index contributed by atoms with van der Waals surface area (Å²) in [5.74, 6) is 0.763. The quantitative estimate of drug-likeness (QED) is 0.466. The highest BCUT2D eigenvalue weighted by molar-refractivity contribution is 7.10. The van der Waals surface area contributed by atoms with Gasteiger partial charge in [-0.15, -0.1) is 11.3 Å². The molecule has 0 spiro atoms. The third kappa shape index (κ3) is 4.47. The average molecular weight is 373 g/mol. The molecule has 2 aromatic rings. The van der Waals surface area contributed by atoms with Crippen LogP contribution in [0.5, 0.6) is 5.75 Å². The van der Waals surface area contributed by atoms with Gasteiger partial charge in [0.15, 0.2) is 0 Å². The number of aromatic hydroxyl groups is 1. The average Bonchev–Trinajstić information content (AvgIpc) is 3.15. The maximum Gasteiger partial charge on any atom is 0.270 e. The van der Waals surface area contributed by atoms with Crippen LogP contribution in [0.2, 0.25) is 0 Å². The monoisotopic (exact) mass is 373 g/mol. The Bertz CT molecular complexity index is 768. The number of nitro groups is 1. The summed E-state index contributed by atoms with van der Waals surface area (Å²) in [6, 6.07) is 8.36. The lowest BCUT2D eigenvalue weighted by atomic mass is 9.97. The number of nitro benzene ring substituents is 1. The number of nitrogens with zero attached hydrogens (tertiary/aromatic N) is 3. The predicted octanol–water partition coefficient (Wildman–Crippen LogP) is 4.25. The molecule has 0 saturated carbocycles. The van der Waals surface area contributed by atoms with Gasteiger partial charge in [-0.25, -0.2) is 0 Å². The molecule has 0 amide bonds. The fourth-order valence-electron chi connectivity index (χ4n) is 3.22. The highest BCUT2D eigenvalue weighted by Crippen LogP contribution is 2.30. The van der Waals surface area contributed by atoms with E-state index in [-0.39, 0.29) is 17.5 Å². The second kappa shape index (κ2) is 8.42. The van der Waals surface area contributed by atoms with Crippen LogP contribution < -0.4 is 0 Å². The highest BCUT2D eigenvalue weighted by atomic mass is 32.1. The van der Waals surface area contributed by atoms with E-state index < -0.39 is 4.92 Å². The molecule has 1 aromatic heterocycles. The first-order valence-electron chi connectivity index (χ1n) is 8.79. The van der Waals surface area contributed by atoms with Crippen molar-refractivity contribution in [1.29, 1.82) is 0 Å². The van der Waals surface area contributed by atoms with Gasteiger partial charge in [-0.05, 0) is 49.4 Å². The van der Waals surface area contributed by atoms with Gasteiger partial charge in [0.05, 0.1) is 17.5 Å². The molecule has 1 N–H and O–H groups in total. The van der Waals surface area contributed by atoms with Crippen molar-refractivity contribution in [3.63, 3.8) is 0 Å². The highest BCUT2D eigenvalue weighted by Gasteiger charge is 2.25. The Morgan fingerprint density at radius 2 is 2.19 bits per heavy atom.